The van der Waals surface area contributed by atoms with Gasteiger partial charge in [-0.25, -0.2) is 23.1 Å². The van der Waals surface area contributed by atoms with Gasteiger partial charge in [0.1, 0.15) is 11.7 Å². The summed E-state index contributed by atoms with van der Waals surface area (Å²) < 4.78 is 28.0. The summed E-state index contributed by atoms with van der Waals surface area (Å²) >= 11 is 0. The first-order valence-electron chi connectivity index (χ1n) is 11.2. The van der Waals surface area contributed by atoms with Crippen molar-refractivity contribution < 1.29 is 13.2 Å². The van der Waals surface area contributed by atoms with Crippen LogP contribution in [0.15, 0.2) is 59.9 Å². The van der Waals surface area contributed by atoms with Crippen LogP contribution in [0.2, 0.25) is 0 Å². The molecular weight excluding hydrogens is 452 g/mol. The molecule has 3 aromatic rings. The first kappa shape index (κ1) is 23.8. The highest BCUT2D eigenvalue weighted by atomic mass is 32.2. The van der Waals surface area contributed by atoms with E-state index in [4.69, 9.17) is 4.98 Å². The normalized spacial score (nSPS) is 16.1. The SMILES string of the molecule is CC[C@@H]1C(=O)N(C)c2cnc(-c3ccncc3CNS(=O)(=O)c3ccccc3)nc2N1C(C)C. The summed E-state index contributed by atoms with van der Waals surface area (Å²) in [5.41, 5.74) is 1.96. The zero-order chi connectivity index (χ0) is 24.5. The zero-order valence-electron chi connectivity index (χ0n) is 19.6. The highest BCUT2D eigenvalue weighted by Crippen LogP contribution is 2.37. The number of hydrogen-bond donors (Lipinski definition) is 1. The van der Waals surface area contributed by atoms with Gasteiger partial charge < -0.3 is 9.80 Å². The largest absolute Gasteiger partial charge is 0.340 e. The van der Waals surface area contributed by atoms with Crippen molar-refractivity contribution in [1.29, 1.82) is 0 Å². The molecule has 1 N–H and O–H groups in total. The van der Waals surface area contributed by atoms with E-state index >= 15 is 0 Å². The molecule has 2 aromatic heterocycles. The standard InChI is InChI=1S/C24H28N6O3S/c1-5-20-24(31)29(4)21-15-26-22(28-23(21)30(20)16(2)3)19-11-12-25-13-17(19)14-27-34(32,33)18-9-7-6-8-10-18/h6-13,15-16,20,27H,5,14H2,1-4H3/t20-/m1/s1. The van der Waals surface area contributed by atoms with Crippen LogP contribution in [0.1, 0.15) is 32.8 Å². The molecule has 0 fully saturated rings. The quantitative estimate of drug-likeness (QED) is 0.554. The molecule has 1 aliphatic rings. The number of carbonyl (C=O) groups excluding carboxylic acids is 1. The molecule has 0 radical (unpaired) electrons. The molecule has 0 spiro atoms. The molecular formula is C24H28N6O3S. The van der Waals surface area contributed by atoms with E-state index in [0.29, 0.717) is 34.9 Å². The van der Waals surface area contributed by atoms with E-state index in [9.17, 15) is 13.2 Å². The number of nitrogens with one attached hydrogen (secondary N) is 1. The van der Waals surface area contributed by atoms with Crippen molar-refractivity contribution in [2.24, 2.45) is 0 Å². The summed E-state index contributed by atoms with van der Waals surface area (Å²) in [6.07, 6.45) is 5.53. The average Bonchev–Trinajstić information content (AvgIpc) is 2.85. The van der Waals surface area contributed by atoms with Crippen LogP contribution in [0, 0.1) is 0 Å². The van der Waals surface area contributed by atoms with Gasteiger partial charge >= 0.3 is 0 Å². The van der Waals surface area contributed by atoms with Crippen LogP contribution in [0.3, 0.4) is 0 Å². The Hall–Kier alpha value is -3.37. The maximum absolute atomic E-state index is 12.9. The molecule has 0 saturated heterocycles. The van der Waals surface area contributed by atoms with Gasteiger partial charge in [-0.3, -0.25) is 9.78 Å². The minimum atomic E-state index is -3.69. The third-order valence-electron chi connectivity index (χ3n) is 5.90. The maximum Gasteiger partial charge on any atom is 0.249 e. The summed E-state index contributed by atoms with van der Waals surface area (Å²) in [5, 5.41) is 0. The van der Waals surface area contributed by atoms with Gasteiger partial charge in [-0.15, -0.1) is 0 Å². The van der Waals surface area contributed by atoms with Gasteiger partial charge in [-0.1, -0.05) is 25.1 Å². The van der Waals surface area contributed by atoms with Crippen molar-refractivity contribution in [2.75, 3.05) is 16.8 Å². The maximum atomic E-state index is 12.9. The van der Waals surface area contributed by atoms with Crippen LogP contribution < -0.4 is 14.5 Å². The Balaban J connectivity index is 1.71. The number of amides is 1. The Morgan fingerprint density at radius 3 is 2.53 bits per heavy atom. The molecule has 0 aliphatic carbocycles. The number of rotatable bonds is 7. The highest BCUT2D eigenvalue weighted by molar-refractivity contribution is 7.89. The molecule has 178 valence electrons. The summed E-state index contributed by atoms with van der Waals surface area (Å²) in [7, 11) is -1.95. The summed E-state index contributed by atoms with van der Waals surface area (Å²) in [6, 6.07) is 9.72. The predicted octanol–water partition coefficient (Wildman–Crippen LogP) is 2.99. The number of anilines is 2. The van der Waals surface area contributed by atoms with Gasteiger partial charge in [0.25, 0.3) is 0 Å². The Morgan fingerprint density at radius 2 is 1.85 bits per heavy atom. The monoisotopic (exact) mass is 480 g/mol. The lowest BCUT2D eigenvalue weighted by Gasteiger charge is -2.42. The predicted molar refractivity (Wildman–Crippen MR) is 131 cm³/mol. The molecule has 0 bridgehead atoms. The van der Waals surface area contributed by atoms with E-state index in [0.717, 1.165) is 0 Å². The Labute approximate surface area is 199 Å². The first-order chi connectivity index (χ1) is 16.2. The molecule has 9 nitrogen and oxygen atoms in total. The number of hydrogen-bond acceptors (Lipinski definition) is 7. The van der Waals surface area contributed by atoms with Crippen LogP contribution in [-0.2, 0) is 21.4 Å². The molecule has 1 atom stereocenters. The fraction of sp³-hybridized carbons (Fsp3) is 0.333. The second-order valence-electron chi connectivity index (χ2n) is 8.40. The van der Waals surface area contributed by atoms with Gasteiger partial charge in [0.05, 0.1) is 11.1 Å². The number of nitrogens with zero attached hydrogens (tertiary/aromatic N) is 5. The zero-order valence-corrected chi connectivity index (χ0v) is 20.5. The number of fused-ring (bicyclic) bond motifs is 1. The highest BCUT2D eigenvalue weighted by Gasteiger charge is 2.38. The molecule has 4 rings (SSSR count). The topological polar surface area (TPSA) is 108 Å². The van der Waals surface area contributed by atoms with E-state index in [2.05, 4.69) is 14.7 Å². The van der Waals surface area contributed by atoms with E-state index < -0.39 is 10.0 Å². The van der Waals surface area contributed by atoms with Gasteiger partial charge in [-0.2, -0.15) is 0 Å². The van der Waals surface area contributed by atoms with Crippen LogP contribution >= 0.6 is 0 Å². The number of benzene rings is 1. The van der Waals surface area contributed by atoms with Crippen molar-refractivity contribution in [3.63, 3.8) is 0 Å². The molecule has 0 saturated carbocycles. The van der Waals surface area contributed by atoms with Crippen LogP contribution in [0.25, 0.3) is 11.4 Å². The van der Waals surface area contributed by atoms with E-state index in [1.165, 1.54) is 0 Å². The number of aromatic nitrogens is 3. The Bertz CT molecular complexity index is 1300. The van der Waals surface area contributed by atoms with Crippen molar-refractivity contribution in [3.05, 3.63) is 60.6 Å². The van der Waals surface area contributed by atoms with E-state index in [1.54, 1.807) is 66.9 Å². The van der Waals surface area contributed by atoms with Crippen molar-refractivity contribution in [2.45, 2.75) is 50.7 Å². The first-order valence-corrected chi connectivity index (χ1v) is 12.6. The summed E-state index contributed by atoms with van der Waals surface area (Å²) in [5.74, 6) is 1.14. The number of pyridine rings is 1. The van der Waals surface area contributed by atoms with Crippen LogP contribution in [0.5, 0.6) is 0 Å². The van der Waals surface area contributed by atoms with Crippen molar-refractivity contribution in [1.82, 2.24) is 19.7 Å². The average molecular weight is 481 g/mol. The smallest absolute Gasteiger partial charge is 0.249 e. The second-order valence-corrected chi connectivity index (χ2v) is 10.2. The molecule has 1 aliphatic heterocycles. The van der Waals surface area contributed by atoms with E-state index in [-0.39, 0.29) is 29.4 Å². The van der Waals surface area contributed by atoms with Crippen molar-refractivity contribution in [3.8, 4) is 11.4 Å². The van der Waals surface area contributed by atoms with Gasteiger partial charge in [0.2, 0.25) is 15.9 Å². The van der Waals surface area contributed by atoms with Gasteiger partial charge in [0, 0.05) is 37.6 Å². The Morgan fingerprint density at radius 1 is 1.12 bits per heavy atom. The summed E-state index contributed by atoms with van der Waals surface area (Å²) in [4.78, 5) is 30.3. The number of sulfonamides is 1. The van der Waals surface area contributed by atoms with Crippen LogP contribution in [0.4, 0.5) is 11.5 Å². The minimum absolute atomic E-state index is 0.0139. The molecule has 1 amide bonds. The number of carbonyl (C=O) groups is 1. The molecule has 34 heavy (non-hydrogen) atoms. The minimum Gasteiger partial charge on any atom is -0.340 e. The molecule has 3 heterocycles. The fourth-order valence-electron chi connectivity index (χ4n) is 4.15. The lowest BCUT2D eigenvalue weighted by Crippen LogP contribution is -2.54. The van der Waals surface area contributed by atoms with Crippen molar-refractivity contribution >= 4 is 27.4 Å². The van der Waals surface area contributed by atoms with E-state index in [1.807, 2.05) is 25.7 Å². The van der Waals surface area contributed by atoms with Crippen LogP contribution in [-0.4, -0.2) is 48.4 Å². The molecule has 0 unspecified atom stereocenters. The van der Waals surface area contributed by atoms with Gasteiger partial charge in [-0.05, 0) is 44.0 Å². The lowest BCUT2D eigenvalue weighted by molar-refractivity contribution is -0.120. The lowest BCUT2D eigenvalue weighted by atomic mass is 10.0. The third-order valence-corrected chi connectivity index (χ3v) is 7.32. The third kappa shape index (κ3) is 4.38. The molecule has 10 heteroatoms. The summed E-state index contributed by atoms with van der Waals surface area (Å²) in [6.45, 7) is 6.08. The fourth-order valence-corrected chi connectivity index (χ4v) is 5.18. The second kappa shape index (κ2) is 9.47. The Kier molecular flexibility index (Phi) is 6.63. The number of likely N-dealkylation sites (N-methyl/N-ethyl adjacent to an activating group) is 1. The van der Waals surface area contributed by atoms with Gasteiger partial charge in [0.15, 0.2) is 11.6 Å². The molecule has 1 aromatic carbocycles.